The van der Waals surface area contributed by atoms with E-state index in [2.05, 4.69) is 4.18 Å². The summed E-state index contributed by atoms with van der Waals surface area (Å²) in [4.78, 5) is 11.4. The lowest BCUT2D eigenvalue weighted by Crippen LogP contribution is -2.24. The van der Waals surface area contributed by atoms with Gasteiger partial charge < -0.3 is 23.7 Å². The van der Waals surface area contributed by atoms with E-state index in [9.17, 15) is 13.2 Å². The Hall–Kier alpha value is -0.780. The normalized spacial score (nSPS) is 12.3. The van der Waals surface area contributed by atoms with Gasteiger partial charge in [0.25, 0.3) is 10.1 Å². The molecule has 0 bridgehead atoms. The molecule has 0 radical (unpaired) electrons. The molecule has 10 heteroatoms. The molecule has 0 aromatic heterocycles. The van der Waals surface area contributed by atoms with E-state index in [1.807, 2.05) is 20.8 Å². The van der Waals surface area contributed by atoms with Gasteiger partial charge in [0.15, 0.2) is 0 Å². The SMILES string of the molecule is CC(C)(C)OC(=O)CCOCCOCCOCCOCCOS(C)(=O)=O. The third-order valence-electron chi connectivity index (χ3n) is 2.51. The average molecular weight is 400 g/mol. The Bertz CT molecular complexity index is 457. The highest BCUT2D eigenvalue weighted by atomic mass is 32.2. The molecule has 0 aliphatic heterocycles. The fourth-order valence-electron chi connectivity index (χ4n) is 1.55. The summed E-state index contributed by atoms with van der Waals surface area (Å²) in [5, 5.41) is 0. The summed E-state index contributed by atoms with van der Waals surface area (Å²) in [6.45, 7) is 8.33. The molecule has 0 heterocycles. The molecule has 9 nitrogen and oxygen atoms in total. The molecule has 156 valence electrons. The average Bonchev–Trinajstić information content (AvgIpc) is 2.48. The van der Waals surface area contributed by atoms with E-state index in [0.29, 0.717) is 46.2 Å². The van der Waals surface area contributed by atoms with Crippen LogP contribution in [0.5, 0.6) is 0 Å². The van der Waals surface area contributed by atoms with Crippen LogP contribution in [0.4, 0.5) is 0 Å². The standard InChI is InChI=1S/C16H32O9S/c1-16(2,3)25-15(17)5-6-20-7-8-21-9-10-22-11-12-23-13-14-24-26(4,18)19/h5-14H2,1-4H3. The van der Waals surface area contributed by atoms with Crippen molar-refractivity contribution in [3.63, 3.8) is 0 Å². The first-order valence-corrected chi connectivity index (χ1v) is 10.3. The first-order valence-electron chi connectivity index (χ1n) is 8.47. The maximum atomic E-state index is 11.4. The molecule has 0 aliphatic rings. The lowest BCUT2D eigenvalue weighted by atomic mass is 10.2. The predicted molar refractivity (Wildman–Crippen MR) is 94.5 cm³/mol. The highest BCUT2D eigenvalue weighted by molar-refractivity contribution is 7.85. The highest BCUT2D eigenvalue weighted by Gasteiger charge is 2.15. The smallest absolute Gasteiger partial charge is 0.308 e. The van der Waals surface area contributed by atoms with E-state index in [4.69, 9.17) is 23.7 Å². The van der Waals surface area contributed by atoms with Crippen LogP contribution in [0.15, 0.2) is 0 Å². The Balaban J connectivity index is 3.21. The van der Waals surface area contributed by atoms with Crippen molar-refractivity contribution >= 4 is 16.1 Å². The Labute approximate surface area is 156 Å². The Morgan fingerprint density at radius 2 is 1.12 bits per heavy atom. The number of ether oxygens (including phenoxy) is 5. The molecule has 0 unspecified atom stereocenters. The van der Waals surface area contributed by atoms with Gasteiger partial charge in [-0.05, 0) is 20.8 Å². The van der Waals surface area contributed by atoms with Gasteiger partial charge in [-0.3, -0.25) is 8.98 Å². The first kappa shape index (κ1) is 25.2. The van der Waals surface area contributed by atoms with Crippen LogP contribution in [-0.2, 0) is 42.8 Å². The van der Waals surface area contributed by atoms with Crippen molar-refractivity contribution in [2.24, 2.45) is 0 Å². The number of rotatable bonds is 16. The molecule has 0 spiro atoms. The van der Waals surface area contributed by atoms with Crippen LogP contribution in [0.2, 0.25) is 0 Å². The van der Waals surface area contributed by atoms with Crippen molar-refractivity contribution in [2.45, 2.75) is 32.8 Å². The Morgan fingerprint density at radius 3 is 1.50 bits per heavy atom. The van der Waals surface area contributed by atoms with Gasteiger partial charge in [0.05, 0.1) is 72.1 Å². The van der Waals surface area contributed by atoms with Crippen molar-refractivity contribution in [3.8, 4) is 0 Å². The molecule has 0 saturated carbocycles. The van der Waals surface area contributed by atoms with Crippen molar-refractivity contribution in [2.75, 3.05) is 65.7 Å². The van der Waals surface area contributed by atoms with Gasteiger partial charge in [-0.1, -0.05) is 0 Å². The van der Waals surface area contributed by atoms with Gasteiger partial charge >= 0.3 is 5.97 Å². The molecule has 0 aromatic carbocycles. The minimum Gasteiger partial charge on any atom is -0.460 e. The summed E-state index contributed by atoms with van der Waals surface area (Å²) in [5.74, 6) is -0.281. The summed E-state index contributed by atoms with van der Waals surface area (Å²) < 4.78 is 52.0. The van der Waals surface area contributed by atoms with E-state index in [1.165, 1.54) is 0 Å². The fourth-order valence-corrected chi connectivity index (χ4v) is 1.92. The zero-order valence-electron chi connectivity index (χ0n) is 16.2. The largest absolute Gasteiger partial charge is 0.460 e. The third-order valence-corrected chi connectivity index (χ3v) is 3.11. The van der Waals surface area contributed by atoms with Gasteiger partial charge in [0.1, 0.15) is 5.60 Å². The van der Waals surface area contributed by atoms with Crippen molar-refractivity contribution < 1.29 is 41.1 Å². The second-order valence-electron chi connectivity index (χ2n) is 6.31. The van der Waals surface area contributed by atoms with Crippen molar-refractivity contribution in [3.05, 3.63) is 0 Å². The van der Waals surface area contributed by atoms with Crippen LogP contribution in [0.1, 0.15) is 27.2 Å². The minimum atomic E-state index is -3.41. The van der Waals surface area contributed by atoms with Gasteiger partial charge in [-0.15, -0.1) is 0 Å². The van der Waals surface area contributed by atoms with Gasteiger partial charge in [0, 0.05) is 0 Å². The molecule has 0 aliphatic carbocycles. The van der Waals surface area contributed by atoms with Gasteiger partial charge in [-0.25, -0.2) is 0 Å². The van der Waals surface area contributed by atoms with Gasteiger partial charge in [0.2, 0.25) is 0 Å². The number of hydrogen-bond donors (Lipinski definition) is 0. The summed E-state index contributed by atoms with van der Waals surface area (Å²) in [6, 6.07) is 0. The van der Waals surface area contributed by atoms with Crippen LogP contribution < -0.4 is 0 Å². The molecule has 0 N–H and O–H groups in total. The second-order valence-corrected chi connectivity index (χ2v) is 7.96. The first-order chi connectivity index (χ1) is 12.1. The zero-order valence-corrected chi connectivity index (χ0v) is 17.0. The Kier molecular flexibility index (Phi) is 13.9. The number of hydrogen-bond acceptors (Lipinski definition) is 9. The topological polar surface area (TPSA) is 107 Å². The van der Waals surface area contributed by atoms with E-state index in [-0.39, 0.29) is 25.6 Å². The van der Waals surface area contributed by atoms with Crippen LogP contribution in [0, 0.1) is 0 Å². The van der Waals surface area contributed by atoms with Crippen LogP contribution in [0.25, 0.3) is 0 Å². The molecular formula is C16H32O9S. The van der Waals surface area contributed by atoms with Crippen LogP contribution >= 0.6 is 0 Å². The molecular weight excluding hydrogens is 368 g/mol. The molecule has 0 aromatic rings. The summed E-state index contributed by atoms with van der Waals surface area (Å²) in [5.41, 5.74) is -0.477. The Morgan fingerprint density at radius 1 is 0.731 bits per heavy atom. The van der Waals surface area contributed by atoms with E-state index >= 15 is 0 Å². The molecule has 0 saturated heterocycles. The quantitative estimate of drug-likeness (QED) is 0.211. The molecule has 0 atom stereocenters. The maximum absolute atomic E-state index is 11.4. The van der Waals surface area contributed by atoms with E-state index in [0.717, 1.165) is 6.26 Å². The number of carbonyl (C=O) groups is 1. The van der Waals surface area contributed by atoms with E-state index in [1.54, 1.807) is 0 Å². The summed E-state index contributed by atoms with van der Waals surface area (Å²) in [6.07, 6.45) is 1.21. The molecule has 0 amide bonds. The second kappa shape index (κ2) is 14.3. The van der Waals surface area contributed by atoms with Crippen LogP contribution in [-0.4, -0.2) is 85.7 Å². The predicted octanol–water partition coefficient (Wildman–Crippen LogP) is 0.761. The molecule has 0 fully saturated rings. The maximum Gasteiger partial charge on any atom is 0.308 e. The minimum absolute atomic E-state index is 0.00410. The molecule has 26 heavy (non-hydrogen) atoms. The van der Waals surface area contributed by atoms with E-state index < -0.39 is 15.7 Å². The lowest BCUT2D eigenvalue weighted by molar-refractivity contribution is -0.156. The fraction of sp³-hybridized carbons (Fsp3) is 0.938. The monoisotopic (exact) mass is 400 g/mol. The number of esters is 1. The summed E-state index contributed by atoms with van der Waals surface area (Å²) >= 11 is 0. The van der Waals surface area contributed by atoms with Gasteiger partial charge in [-0.2, -0.15) is 8.42 Å². The number of carbonyl (C=O) groups excluding carboxylic acids is 1. The van der Waals surface area contributed by atoms with Crippen molar-refractivity contribution in [1.29, 1.82) is 0 Å². The highest BCUT2D eigenvalue weighted by Crippen LogP contribution is 2.07. The van der Waals surface area contributed by atoms with Crippen molar-refractivity contribution in [1.82, 2.24) is 0 Å². The zero-order chi connectivity index (χ0) is 19.9. The summed E-state index contributed by atoms with van der Waals surface area (Å²) in [7, 11) is -3.41. The third kappa shape index (κ3) is 21.3. The molecule has 0 rings (SSSR count). The van der Waals surface area contributed by atoms with Crippen LogP contribution in [0.3, 0.4) is 0 Å². The lowest BCUT2D eigenvalue weighted by Gasteiger charge is -2.19.